The molecule has 2 aromatic carbocycles. The molecule has 0 saturated heterocycles. The van der Waals surface area contributed by atoms with Gasteiger partial charge in [0.15, 0.2) is 0 Å². The van der Waals surface area contributed by atoms with E-state index >= 15 is 0 Å². The van der Waals surface area contributed by atoms with Crippen molar-refractivity contribution in [1.29, 1.82) is 0 Å². The van der Waals surface area contributed by atoms with Crippen LogP contribution in [-0.4, -0.2) is 17.9 Å². The summed E-state index contributed by atoms with van der Waals surface area (Å²) < 4.78 is 0. The predicted octanol–water partition coefficient (Wildman–Crippen LogP) is 3.39. The van der Waals surface area contributed by atoms with Crippen molar-refractivity contribution in [3.05, 3.63) is 65.2 Å². The molecule has 2 aromatic rings. The smallest absolute Gasteiger partial charge is 0.255 e. The van der Waals surface area contributed by atoms with E-state index in [0.717, 1.165) is 5.56 Å². The number of nitrogens with one attached hydrogen (secondary N) is 2. The molecular weight excluding hydrogens is 276 g/mol. The van der Waals surface area contributed by atoms with Gasteiger partial charge in [0.1, 0.15) is 0 Å². The standard InChI is InChI=1S/C18H20N2O2/c1-12(2)19-17(21)14-7-9-16(10-8-14)20-18(22)15-6-4-5-13(3)11-15/h4-12H,1-3H3,(H,19,21)(H,20,22). The summed E-state index contributed by atoms with van der Waals surface area (Å²) >= 11 is 0. The predicted molar refractivity (Wildman–Crippen MR) is 88.2 cm³/mol. The van der Waals surface area contributed by atoms with Crippen LogP contribution in [0.15, 0.2) is 48.5 Å². The molecule has 0 heterocycles. The third kappa shape index (κ3) is 4.19. The molecule has 0 aliphatic heterocycles. The van der Waals surface area contributed by atoms with E-state index in [1.165, 1.54) is 0 Å². The Morgan fingerprint density at radius 3 is 2.18 bits per heavy atom. The lowest BCUT2D eigenvalue weighted by molar-refractivity contribution is 0.0942. The molecule has 0 saturated carbocycles. The number of hydrogen-bond acceptors (Lipinski definition) is 2. The number of amides is 2. The molecule has 2 N–H and O–H groups in total. The number of hydrogen-bond donors (Lipinski definition) is 2. The van der Waals surface area contributed by atoms with Crippen molar-refractivity contribution >= 4 is 17.5 Å². The van der Waals surface area contributed by atoms with Crippen molar-refractivity contribution in [3.8, 4) is 0 Å². The minimum absolute atomic E-state index is 0.0909. The highest BCUT2D eigenvalue weighted by Crippen LogP contribution is 2.12. The molecule has 0 radical (unpaired) electrons. The Hall–Kier alpha value is -2.62. The van der Waals surface area contributed by atoms with E-state index in [1.54, 1.807) is 30.3 Å². The van der Waals surface area contributed by atoms with Crippen LogP contribution in [-0.2, 0) is 0 Å². The molecule has 0 atom stereocenters. The highest BCUT2D eigenvalue weighted by Gasteiger charge is 2.09. The molecule has 0 fully saturated rings. The Bertz CT molecular complexity index is 676. The van der Waals surface area contributed by atoms with Crippen molar-refractivity contribution < 1.29 is 9.59 Å². The van der Waals surface area contributed by atoms with Gasteiger partial charge in [0.2, 0.25) is 0 Å². The number of carbonyl (C=O) groups is 2. The van der Waals surface area contributed by atoms with Crippen LogP contribution in [0.4, 0.5) is 5.69 Å². The second-order valence-electron chi connectivity index (χ2n) is 5.53. The number of carbonyl (C=O) groups excluding carboxylic acids is 2. The summed E-state index contributed by atoms with van der Waals surface area (Å²) in [5.74, 6) is -0.283. The summed E-state index contributed by atoms with van der Waals surface area (Å²) in [7, 11) is 0. The first-order valence-corrected chi connectivity index (χ1v) is 7.24. The quantitative estimate of drug-likeness (QED) is 0.908. The van der Waals surface area contributed by atoms with Crippen LogP contribution in [0.25, 0.3) is 0 Å². The second kappa shape index (κ2) is 6.89. The second-order valence-corrected chi connectivity index (χ2v) is 5.53. The number of anilines is 1. The molecule has 0 spiro atoms. The summed E-state index contributed by atoms with van der Waals surface area (Å²) in [5, 5.41) is 5.65. The molecule has 0 unspecified atom stereocenters. The third-order valence-corrected chi connectivity index (χ3v) is 3.10. The lowest BCUT2D eigenvalue weighted by Gasteiger charge is -2.09. The van der Waals surface area contributed by atoms with E-state index in [4.69, 9.17) is 0 Å². The molecule has 2 amide bonds. The Morgan fingerprint density at radius 2 is 1.59 bits per heavy atom. The zero-order valence-corrected chi connectivity index (χ0v) is 13.0. The van der Waals surface area contributed by atoms with Gasteiger partial charge in [-0.05, 0) is 57.2 Å². The van der Waals surface area contributed by atoms with Gasteiger partial charge < -0.3 is 10.6 Å². The maximum atomic E-state index is 12.1. The summed E-state index contributed by atoms with van der Waals surface area (Å²) in [4.78, 5) is 24.0. The molecule has 4 heteroatoms. The Morgan fingerprint density at radius 1 is 0.909 bits per heavy atom. The van der Waals surface area contributed by atoms with Crippen molar-refractivity contribution in [2.24, 2.45) is 0 Å². The lowest BCUT2D eigenvalue weighted by atomic mass is 10.1. The van der Waals surface area contributed by atoms with Crippen LogP contribution >= 0.6 is 0 Å². The van der Waals surface area contributed by atoms with Crippen LogP contribution in [0.1, 0.15) is 40.1 Å². The summed E-state index contributed by atoms with van der Waals surface area (Å²) in [5.41, 5.74) is 2.88. The largest absolute Gasteiger partial charge is 0.350 e. The maximum absolute atomic E-state index is 12.1. The fourth-order valence-electron chi connectivity index (χ4n) is 2.04. The monoisotopic (exact) mass is 296 g/mol. The number of benzene rings is 2. The van der Waals surface area contributed by atoms with E-state index < -0.39 is 0 Å². The molecule has 0 aliphatic rings. The molecule has 114 valence electrons. The molecule has 0 bridgehead atoms. The zero-order valence-electron chi connectivity index (χ0n) is 13.0. The fourth-order valence-corrected chi connectivity index (χ4v) is 2.04. The summed E-state index contributed by atoms with van der Waals surface area (Å²) in [6.07, 6.45) is 0. The first kappa shape index (κ1) is 15.8. The van der Waals surface area contributed by atoms with Crippen LogP contribution in [0.5, 0.6) is 0 Å². The Labute approximate surface area is 130 Å². The fraction of sp³-hybridized carbons (Fsp3) is 0.222. The molecular formula is C18H20N2O2. The van der Waals surface area contributed by atoms with Gasteiger partial charge in [-0.2, -0.15) is 0 Å². The third-order valence-electron chi connectivity index (χ3n) is 3.10. The van der Waals surface area contributed by atoms with Gasteiger partial charge in [-0.25, -0.2) is 0 Å². The van der Waals surface area contributed by atoms with E-state index in [1.807, 2.05) is 39.0 Å². The molecule has 4 nitrogen and oxygen atoms in total. The van der Waals surface area contributed by atoms with Crippen LogP contribution in [0, 0.1) is 6.92 Å². The summed E-state index contributed by atoms with van der Waals surface area (Å²) in [6.45, 7) is 5.77. The first-order chi connectivity index (χ1) is 10.5. The van der Waals surface area contributed by atoms with Crippen LogP contribution < -0.4 is 10.6 Å². The average Bonchev–Trinajstić information content (AvgIpc) is 2.47. The van der Waals surface area contributed by atoms with E-state index in [9.17, 15) is 9.59 Å². The van der Waals surface area contributed by atoms with Gasteiger partial charge in [-0.3, -0.25) is 9.59 Å². The minimum atomic E-state index is -0.164. The highest BCUT2D eigenvalue weighted by molar-refractivity contribution is 6.04. The topological polar surface area (TPSA) is 58.2 Å². The van der Waals surface area contributed by atoms with E-state index in [0.29, 0.717) is 16.8 Å². The van der Waals surface area contributed by atoms with Gasteiger partial charge in [-0.15, -0.1) is 0 Å². The molecule has 0 aromatic heterocycles. The van der Waals surface area contributed by atoms with Crippen molar-refractivity contribution in [2.75, 3.05) is 5.32 Å². The van der Waals surface area contributed by atoms with Gasteiger partial charge >= 0.3 is 0 Å². The number of rotatable bonds is 4. The van der Waals surface area contributed by atoms with Gasteiger partial charge in [0, 0.05) is 22.9 Å². The van der Waals surface area contributed by atoms with Gasteiger partial charge in [-0.1, -0.05) is 17.7 Å². The Balaban J connectivity index is 2.05. The van der Waals surface area contributed by atoms with Crippen molar-refractivity contribution in [3.63, 3.8) is 0 Å². The molecule has 2 rings (SSSR count). The molecule has 22 heavy (non-hydrogen) atoms. The maximum Gasteiger partial charge on any atom is 0.255 e. The summed E-state index contributed by atoms with van der Waals surface area (Å²) in [6, 6.07) is 14.3. The molecule has 0 aliphatic carbocycles. The first-order valence-electron chi connectivity index (χ1n) is 7.24. The average molecular weight is 296 g/mol. The SMILES string of the molecule is Cc1cccc(C(=O)Nc2ccc(C(=O)NC(C)C)cc2)c1. The van der Waals surface area contributed by atoms with Crippen LogP contribution in [0.2, 0.25) is 0 Å². The number of aryl methyl sites for hydroxylation is 1. The highest BCUT2D eigenvalue weighted by atomic mass is 16.2. The van der Waals surface area contributed by atoms with Gasteiger partial charge in [0.25, 0.3) is 11.8 Å². The van der Waals surface area contributed by atoms with Crippen LogP contribution in [0.3, 0.4) is 0 Å². The van der Waals surface area contributed by atoms with Crippen molar-refractivity contribution in [2.45, 2.75) is 26.8 Å². The Kier molecular flexibility index (Phi) is 4.94. The van der Waals surface area contributed by atoms with E-state index in [2.05, 4.69) is 10.6 Å². The minimum Gasteiger partial charge on any atom is -0.350 e. The van der Waals surface area contributed by atoms with Crippen molar-refractivity contribution in [1.82, 2.24) is 5.32 Å². The lowest BCUT2D eigenvalue weighted by Crippen LogP contribution is -2.30. The van der Waals surface area contributed by atoms with E-state index in [-0.39, 0.29) is 17.9 Å². The normalized spacial score (nSPS) is 10.4. The zero-order chi connectivity index (χ0) is 16.1. The van der Waals surface area contributed by atoms with Gasteiger partial charge in [0.05, 0.1) is 0 Å².